The van der Waals surface area contributed by atoms with E-state index in [2.05, 4.69) is 27.6 Å². The molecule has 7 heteroatoms. The van der Waals surface area contributed by atoms with Gasteiger partial charge in [0, 0.05) is 0 Å². The number of amides is 1. The van der Waals surface area contributed by atoms with Crippen molar-refractivity contribution in [3.63, 3.8) is 0 Å². The van der Waals surface area contributed by atoms with Crippen LogP contribution in [0.3, 0.4) is 0 Å². The van der Waals surface area contributed by atoms with Crippen LogP contribution in [0.4, 0.5) is 4.39 Å². The molecule has 1 aliphatic carbocycles. The minimum Gasteiger partial charge on any atom is -0.349 e. The molecule has 1 aliphatic rings. The van der Waals surface area contributed by atoms with Crippen LogP contribution in [-0.2, 0) is 11.2 Å². The fraction of sp³-hybridized carbons (Fsp3) is 0.250. The van der Waals surface area contributed by atoms with E-state index in [-0.39, 0.29) is 23.5 Å². The van der Waals surface area contributed by atoms with Crippen LogP contribution >= 0.6 is 11.8 Å². The smallest absolute Gasteiger partial charge is 0.230 e. The van der Waals surface area contributed by atoms with Crippen LogP contribution in [0, 0.1) is 5.82 Å². The van der Waals surface area contributed by atoms with E-state index in [0.29, 0.717) is 10.8 Å². The molecule has 1 atom stereocenters. The molecule has 5 nitrogen and oxygen atoms in total. The monoisotopic (exact) mass is 382 g/mol. The fourth-order valence-corrected chi connectivity index (χ4v) is 4.14. The Morgan fingerprint density at radius 3 is 2.93 bits per heavy atom. The molecule has 0 spiro atoms. The standard InChI is InChI=1S/C20H19FN4OS/c21-16-9-3-4-11-18(16)25-13-22-24-20(25)27-12-19(26)23-17-10-5-7-14-6-1-2-8-15(14)17/h1-4,6,8-9,11,13,17H,5,7,10,12H2,(H,23,26)/t17-/m1/s1. The van der Waals surface area contributed by atoms with E-state index in [9.17, 15) is 9.18 Å². The Balaban J connectivity index is 1.42. The quantitative estimate of drug-likeness (QED) is 0.684. The number of carbonyl (C=O) groups excluding carboxylic acids is 1. The molecule has 27 heavy (non-hydrogen) atoms. The molecule has 2 aromatic carbocycles. The number of rotatable bonds is 5. The van der Waals surface area contributed by atoms with E-state index in [4.69, 9.17) is 0 Å². The summed E-state index contributed by atoms with van der Waals surface area (Å²) in [6.45, 7) is 0. The molecular formula is C20H19FN4OS. The van der Waals surface area contributed by atoms with E-state index in [1.165, 1.54) is 35.3 Å². The van der Waals surface area contributed by atoms with Crippen molar-refractivity contribution < 1.29 is 9.18 Å². The van der Waals surface area contributed by atoms with E-state index >= 15 is 0 Å². The minimum absolute atomic E-state index is 0.0486. The van der Waals surface area contributed by atoms with Gasteiger partial charge in [0.25, 0.3) is 0 Å². The van der Waals surface area contributed by atoms with Crippen molar-refractivity contribution in [2.45, 2.75) is 30.5 Å². The lowest BCUT2D eigenvalue weighted by Gasteiger charge is -2.26. The second-order valence-electron chi connectivity index (χ2n) is 6.43. The Morgan fingerprint density at radius 2 is 2.04 bits per heavy atom. The number of benzene rings is 2. The number of carbonyl (C=O) groups is 1. The molecule has 0 bridgehead atoms. The molecule has 0 saturated carbocycles. The lowest BCUT2D eigenvalue weighted by Crippen LogP contribution is -2.32. The Labute approximate surface area is 161 Å². The number of para-hydroxylation sites is 1. The lowest BCUT2D eigenvalue weighted by molar-refractivity contribution is -0.119. The van der Waals surface area contributed by atoms with Crippen LogP contribution < -0.4 is 5.32 Å². The van der Waals surface area contributed by atoms with Crippen molar-refractivity contribution in [1.29, 1.82) is 0 Å². The third-order valence-corrected chi connectivity index (χ3v) is 5.61. The maximum absolute atomic E-state index is 14.0. The molecule has 1 amide bonds. The first kappa shape index (κ1) is 17.7. The van der Waals surface area contributed by atoms with Gasteiger partial charge in [0.05, 0.1) is 17.5 Å². The average Bonchev–Trinajstić information content (AvgIpc) is 3.15. The van der Waals surface area contributed by atoms with Crippen LogP contribution in [0.2, 0.25) is 0 Å². The van der Waals surface area contributed by atoms with Gasteiger partial charge in [-0.2, -0.15) is 0 Å². The van der Waals surface area contributed by atoms with Gasteiger partial charge in [0.15, 0.2) is 5.16 Å². The van der Waals surface area contributed by atoms with Crippen LogP contribution in [0.5, 0.6) is 0 Å². The Morgan fingerprint density at radius 1 is 1.22 bits per heavy atom. The van der Waals surface area contributed by atoms with Gasteiger partial charge in [-0.3, -0.25) is 9.36 Å². The zero-order chi connectivity index (χ0) is 18.6. The summed E-state index contributed by atoms with van der Waals surface area (Å²) in [4.78, 5) is 12.5. The van der Waals surface area contributed by atoms with Gasteiger partial charge in [0.1, 0.15) is 12.1 Å². The molecule has 138 valence electrons. The summed E-state index contributed by atoms with van der Waals surface area (Å²) in [6.07, 6.45) is 4.52. The molecule has 4 rings (SSSR count). The zero-order valence-electron chi connectivity index (χ0n) is 14.6. The number of halogens is 1. The summed E-state index contributed by atoms with van der Waals surface area (Å²) in [5.41, 5.74) is 2.88. The van der Waals surface area contributed by atoms with E-state index in [0.717, 1.165) is 19.3 Å². The number of aromatic nitrogens is 3. The van der Waals surface area contributed by atoms with Crippen molar-refractivity contribution in [3.8, 4) is 5.69 Å². The maximum Gasteiger partial charge on any atom is 0.230 e. The van der Waals surface area contributed by atoms with Crippen molar-refractivity contribution in [2.24, 2.45) is 0 Å². The second kappa shape index (κ2) is 7.92. The van der Waals surface area contributed by atoms with Crippen LogP contribution in [0.25, 0.3) is 5.69 Å². The molecule has 1 N–H and O–H groups in total. The topological polar surface area (TPSA) is 59.8 Å². The normalized spacial score (nSPS) is 16.0. The largest absolute Gasteiger partial charge is 0.349 e. The van der Waals surface area contributed by atoms with Crippen LogP contribution in [0.1, 0.15) is 30.0 Å². The third kappa shape index (κ3) is 3.88. The fourth-order valence-electron chi connectivity index (χ4n) is 3.41. The highest BCUT2D eigenvalue weighted by molar-refractivity contribution is 7.99. The highest BCUT2D eigenvalue weighted by Crippen LogP contribution is 2.29. The minimum atomic E-state index is -0.359. The van der Waals surface area contributed by atoms with Crippen molar-refractivity contribution in [3.05, 3.63) is 71.8 Å². The van der Waals surface area contributed by atoms with Gasteiger partial charge in [-0.15, -0.1) is 10.2 Å². The number of nitrogens with zero attached hydrogens (tertiary/aromatic N) is 3. The summed E-state index contributed by atoms with van der Waals surface area (Å²) in [7, 11) is 0. The van der Waals surface area contributed by atoms with Crippen molar-refractivity contribution in [2.75, 3.05) is 5.75 Å². The number of aryl methyl sites for hydroxylation is 1. The van der Waals surface area contributed by atoms with Crippen LogP contribution in [-0.4, -0.2) is 26.4 Å². The van der Waals surface area contributed by atoms with E-state index in [1.54, 1.807) is 22.8 Å². The molecule has 0 fully saturated rings. The molecule has 0 unspecified atom stereocenters. The summed E-state index contributed by atoms with van der Waals surface area (Å²) in [5, 5.41) is 11.5. The predicted octanol–water partition coefficient (Wildman–Crippen LogP) is 3.69. The van der Waals surface area contributed by atoms with Gasteiger partial charge in [-0.05, 0) is 42.5 Å². The third-order valence-electron chi connectivity index (χ3n) is 4.67. The number of thioether (sulfide) groups is 1. The summed E-state index contributed by atoms with van der Waals surface area (Å²) < 4.78 is 15.6. The SMILES string of the molecule is O=C(CSc1nncn1-c1ccccc1F)N[C@@H]1CCCc2ccccc21. The lowest BCUT2D eigenvalue weighted by atomic mass is 9.88. The second-order valence-corrected chi connectivity index (χ2v) is 7.38. The van der Waals surface area contributed by atoms with Gasteiger partial charge in [-0.25, -0.2) is 4.39 Å². The first-order valence-electron chi connectivity index (χ1n) is 8.87. The Kier molecular flexibility index (Phi) is 5.20. The number of hydrogen-bond acceptors (Lipinski definition) is 4. The number of hydrogen-bond donors (Lipinski definition) is 1. The van der Waals surface area contributed by atoms with Gasteiger partial charge >= 0.3 is 0 Å². The summed E-state index contributed by atoms with van der Waals surface area (Å²) in [5.74, 6) is -0.224. The highest BCUT2D eigenvalue weighted by Gasteiger charge is 2.21. The van der Waals surface area contributed by atoms with E-state index in [1.807, 2.05) is 12.1 Å². The predicted molar refractivity (Wildman–Crippen MR) is 102 cm³/mol. The van der Waals surface area contributed by atoms with Gasteiger partial charge < -0.3 is 5.32 Å². The van der Waals surface area contributed by atoms with Crippen LogP contribution in [0.15, 0.2) is 60.0 Å². The first-order valence-corrected chi connectivity index (χ1v) is 9.86. The molecule has 0 aliphatic heterocycles. The molecule has 0 radical (unpaired) electrons. The van der Waals surface area contributed by atoms with E-state index < -0.39 is 0 Å². The molecular weight excluding hydrogens is 363 g/mol. The molecule has 1 heterocycles. The van der Waals surface area contributed by atoms with Crippen molar-refractivity contribution in [1.82, 2.24) is 20.1 Å². The zero-order valence-corrected chi connectivity index (χ0v) is 15.5. The van der Waals surface area contributed by atoms with Gasteiger partial charge in [-0.1, -0.05) is 48.2 Å². The molecule has 3 aromatic rings. The average molecular weight is 382 g/mol. The Bertz CT molecular complexity index is 958. The number of nitrogens with one attached hydrogen (secondary N) is 1. The maximum atomic E-state index is 14.0. The summed E-state index contributed by atoms with van der Waals surface area (Å²) in [6, 6.07) is 14.7. The van der Waals surface area contributed by atoms with Crippen molar-refractivity contribution >= 4 is 17.7 Å². The number of fused-ring (bicyclic) bond motifs is 1. The Hall–Kier alpha value is -2.67. The molecule has 0 saturated heterocycles. The highest BCUT2D eigenvalue weighted by atomic mass is 32.2. The first-order chi connectivity index (χ1) is 13.2. The van der Waals surface area contributed by atoms with Gasteiger partial charge in [0.2, 0.25) is 5.91 Å². The molecule has 1 aromatic heterocycles. The summed E-state index contributed by atoms with van der Waals surface area (Å²) >= 11 is 1.25.